The summed E-state index contributed by atoms with van der Waals surface area (Å²) < 4.78 is 27.7. The number of rotatable bonds is 8. The van der Waals surface area contributed by atoms with E-state index in [0.717, 1.165) is 13.8 Å². The molecule has 14 heteroatoms. The number of ether oxygens (including phenoxy) is 5. The molecule has 0 N–H and O–H groups in total. The first kappa shape index (κ1) is 29.2. The molecule has 0 bridgehead atoms. The smallest absolute Gasteiger partial charge is 0.303 e. The van der Waals surface area contributed by atoms with Crippen LogP contribution in [0.1, 0.15) is 50.8 Å². The van der Waals surface area contributed by atoms with E-state index in [1.807, 2.05) is 0 Å². The summed E-state index contributed by atoms with van der Waals surface area (Å²) in [6.45, 7) is 4.35. The zero-order valence-electron chi connectivity index (χ0n) is 20.9. The summed E-state index contributed by atoms with van der Waals surface area (Å²) >= 11 is 12.2. The molecule has 1 aliphatic rings. The van der Waals surface area contributed by atoms with Gasteiger partial charge in [-0.2, -0.15) is 0 Å². The van der Waals surface area contributed by atoms with E-state index < -0.39 is 54.4 Å². The van der Waals surface area contributed by atoms with Crippen LogP contribution < -0.4 is 0 Å². The van der Waals surface area contributed by atoms with Gasteiger partial charge in [-0.05, 0) is 17.2 Å². The van der Waals surface area contributed by atoms with Gasteiger partial charge in [0, 0.05) is 39.1 Å². The standard InChI is InChI=1S/C24H25Cl2N3O9/c1-11(30)34-10-18-22(35-12(2)31)24(37-14(4)33)23(36-13(3)32)21(38-18)15-5-6-17(25)16(7-15)8-20-27-9-19(26)28-29-20/h5-7,9,18,21-24H,8,10H2,1-4H3. The van der Waals surface area contributed by atoms with Crippen molar-refractivity contribution in [1.29, 1.82) is 0 Å². The van der Waals surface area contributed by atoms with Gasteiger partial charge in [-0.15, -0.1) is 10.2 Å². The van der Waals surface area contributed by atoms with Crippen molar-refractivity contribution in [3.63, 3.8) is 0 Å². The van der Waals surface area contributed by atoms with Crippen LogP contribution in [0.25, 0.3) is 0 Å². The highest BCUT2D eigenvalue weighted by molar-refractivity contribution is 6.31. The predicted molar refractivity (Wildman–Crippen MR) is 130 cm³/mol. The fourth-order valence-electron chi connectivity index (χ4n) is 3.94. The third kappa shape index (κ3) is 7.83. The van der Waals surface area contributed by atoms with Gasteiger partial charge in [0.15, 0.2) is 29.3 Å². The van der Waals surface area contributed by atoms with Gasteiger partial charge in [0.2, 0.25) is 0 Å². The molecule has 1 aromatic heterocycles. The zero-order valence-corrected chi connectivity index (χ0v) is 22.4. The van der Waals surface area contributed by atoms with Gasteiger partial charge < -0.3 is 23.7 Å². The molecule has 204 valence electrons. The average molecular weight is 570 g/mol. The highest BCUT2D eigenvalue weighted by atomic mass is 35.5. The maximum atomic E-state index is 12.1. The summed E-state index contributed by atoms with van der Waals surface area (Å²) in [5, 5.41) is 8.23. The normalized spacial score (nSPS) is 22.7. The molecule has 0 spiro atoms. The maximum Gasteiger partial charge on any atom is 0.303 e. The SMILES string of the molecule is CC(=O)OCC1OC(c2ccc(Cl)c(Cc3ncc(Cl)nn3)c2)C(OC(C)=O)C(OC(C)=O)C1OC(C)=O. The van der Waals surface area contributed by atoms with Crippen molar-refractivity contribution >= 4 is 47.1 Å². The van der Waals surface area contributed by atoms with Crippen LogP contribution >= 0.6 is 23.2 Å². The lowest BCUT2D eigenvalue weighted by molar-refractivity contribution is -0.254. The minimum atomic E-state index is -1.29. The Kier molecular flexibility index (Phi) is 9.95. The monoisotopic (exact) mass is 569 g/mol. The average Bonchev–Trinajstić information content (AvgIpc) is 2.82. The van der Waals surface area contributed by atoms with Crippen LogP contribution in [0.5, 0.6) is 0 Å². The highest BCUT2D eigenvalue weighted by Crippen LogP contribution is 2.38. The van der Waals surface area contributed by atoms with Crippen molar-refractivity contribution in [2.75, 3.05) is 6.61 Å². The van der Waals surface area contributed by atoms with Gasteiger partial charge in [0.1, 0.15) is 18.8 Å². The Labute approximate surface area is 227 Å². The number of benzene rings is 1. The summed E-state index contributed by atoms with van der Waals surface area (Å²) in [6.07, 6.45) is -4.37. The second-order valence-corrected chi connectivity index (χ2v) is 9.14. The molecular formula is C24H25Cl2N3O9. The van der Waals surface area contributed by atoms with E-state index >= 15 is 0 Å². The van der Waals surface area contributed by atoms with Gasteiger partial charge in [0.05, 0.1) is 6.20 Å². The number of carbonyl (C=O) groups excluding carboxylic acids is 4. The maximum absolute atomic E-state index is 12.1. The number of esters is 4. The Morgan fingerprint density at radius 1 is 0.868 bits per heavy atom. The lowest BCUT2D eigenvalue weighted by Gasteiger charge is -2.44. The Morgan fingerprint density at radius 3 is 2.08 bits per heavy atom. The molecule has 3 rings (SSSR count). The molecule has 38 heavy (non-hydrogen) atoms. The van der Waals surface area contributed by atoms with Crippen LogP contribution in [0.4, 0.5) is 0 Å². The minimum absolute atomic E-state index is 0.131. The van der Waals surface area contributed by atoms with Gasteiger partial charge in [-0.1, -0.05) is 35.3 Å². The third-order valence-electron chi connectivity index (χ3n) is 5.32. The Morgan fingerprint density at radius 2 is 1.50 bits per heavy atom. The predicted octanol–water partition coefficient (Wildman–Crippen LogP) is 2.57. The van der Waals surface area contributed by atoms with E-state index in [-0.39, 0.29) is 18.2 Å². The molecule has 0 saturated carbocycles. The number of hydrogen-bond donors (Lipinski definition) is 0. The van der Waals surface area contributed by atoms with Crippen LogP contribution in [0.3, 0.4) is 0 Å². The number of halogens is 2. The Balaban J connectivity index is 2.06. The van der Waals surface area contributed by atoms with Crippen LogP contribution in [-0.2, 0) is 49.3 Å². The summed E-state index contributed by atoms with van der Waals surface area (Å²) in [5.74, 6) is -2.40. The van der Waals surface area contributed by atoms with Crippen LogP contribution in [0.2, 0.25) is 10.2 Å². The molecule has 1 aliphatic heterocycles. The first-order chi connectivity index (χ1) is 17.9. The molecule has 0 radical (unpaired) electrons. The van der Waals surface area contributed by atoms with Crippen molar-refractivity contribution in [3.05, 3.63) is 51.5 Å². The van der Waals surface area contributed by atoms with Crippen LogP contribution in [-0.4, -0.2) is 70.1 Å². The van der Waals surface area contributed by atoms with E-state index in [2.05, 4.69) is 15.2 Å². The van der Waals surface area contributed by atoms with E-state index in [1.54, 1.807) is 18.2 Å². The van der Waals surface area contributed by atoms with Crippen LogP contribution in [0, 0.1) is 0 Å². The first-order valence-corrected chi connectivity index (χ1v) is 12.1. The molecule has 2 heterocycles. The van der Waals surface area contributed by atoms with Crippen molar-refractivity contribution in [1.82, 2.24) is 15.2 Å². The number of carbonyl (C=O) groups is 4. The molecule has 0 amide bonds. The van der Waals surface area contributed by atoms with E-state index in [0.29, 0.717) is 22.0 Å². The van der Waals surface area contributed by atoms with Crippen molar-refractivity contribution in [3.8, 4) is 0 Å². The molecule has 1 aromatic carbocycles. The fourth-order valence-corrected chi connectivity index (χ4v) is 4.21. The van der Waals surface area contributed by atoms with Crippen LogP contribution in [0.15, 0.2) is 24.4 Å². The van der Waals surface area contributed by atoms with E-state index in [1.165, 1.54) is 20.0 Å². The quantitative estimate of drug-likeness (QED) is 0.339. The Bertz CT molecular complexity index is 1200. The highest BCUT2D eigenvalue weighted by Gasteiger charge is 2.52. The number of aromatic nitrogens is 3. The summed E-state index contributed by atoms with van der Waals surface area (Å²) in [6, 6.07) is 4.92. The van der Waals surface area contributed by atoms with E-state index in [9.17, 15) is 19.2 Å². The zero-order chi connectivity index (χ0) is 28.0. The molecule has 12 nitrogen and oxygen atoms in total. The summed E-state index contributed by atoms with van der Waals surface area (Å²) in [4.78, 5) is 51.7. The first-order valence-electron chi connectivity index (χ1n) is 11.4. The van der Waals surface area contributed by atoms with Gasteiger partial charge in [0.25, 0.3) is 0 Å². The largest absolute Gasteiger partial charge is 0.463 e. The van der Waals surface area contributed by atoms with Crippen molar-refractivity contribution in [2.45, 2.75) is 64.6 Å². The second-order valence-electron chi connectivity index (χ2n) is 8.34. The van der Waals surface area contributed by atoms with Crippen molar-refractivity contribution < 1.29 is 42.9 Å². The lowest BCUT2D eigenvalue weighted by Crippen LogP contribution is -2.59. The molecule has 0 aliphatic carbocycles. The summed E-state index contributed by atoms with van der Waals surface area (Å²) in [5.41, 5.74) is 1.06. The number of nitrogens with zero attached hydrogens (tertiary/aromatic N) is 3. The molecule has 1 fully saturated rings. The van der Waals surface area contributed by atoms with Gasteiger partial charge in [-0.25, -0.2) is 4.98 Å². The molecule has 2 aromatic rings. The summed E-state index contributed by atoms with van der Waals surface area (Å²) in [7, 11) is 0. The lowest BCUT2D eigenvalue weighted by atomic mass is 9.89. The van der Waals surface area contributed by atoms with E-state index in [4.69, 9.17) is 46.9 Å². The van der Waals surface area contributed by atoms with Gasteiger partial charge >= 0.3 is 23.9 Å². The number of hydrogen-bond acceptors (Lipinski definition) is 12. The third-order valence-corrected chi connectivity index (χ3v) is 5.86. The molecule has 5 unspecified atom stereocenters. The van der Waals surface area contributed by atoms with Gasteiger partial charge in [-0.3, -0.25) is 19.2 Å². The Hall–Kier alpha value is -3.35. The fraction of sp³-hybridized carbons (Fsp3) is 0.458. The van der Waals surface area contributed by atoms with Crippen molar-refractivity contribution in [2.24, 2.45) is 0 Å². The minimum Gasteiger partial charge on any atom is -0.463 e. The molecule has 5 atom stereocenters. The molecule has 1 saturated heterocycles. The second kappa shape index (κ2) is 12.9. The topological polar surface area (TPSA) is 153 Å². The molecular weight excluding hydrogens is 545 g/mol.